The van der Waals surface area contributed by atoms with Gasteiger partial charge in [0, 0.05) is 0 Å². The summed E-state index contributed by atoms with van der Waals surface area (Å²) in [5.41, 5.74) is 0. The summed E-state index contributed by atoms with van der Waals surface area (Å²) in [6, 6.07) is 0. The molecular weight excluding hydrogens is 256 g/mol. The van der Waals surface area contributed by atoms with Gasteiger partial charge in [-0.15, -0.1) is 0 Å². The van der Waals surface area contributed by atoms with Crippen LogP contribution in [0.1, 0.15) is 117 Å². The van der Waals surface area contributed by atoms with Crippen LogP contribution in [0.4, 0.5) is 0 Å². The Morgan fingerprint density at radius 1 is 0.619 bits per heavy atom. The van der Waals surface area contributed by atoms with E-state index in [1.54, 1.807) is 0 Å². The fourth-order valence-corrected chi connectivity index (χ4v) is 2.93. The van der Waals surface area contributed by atoms with Gasteiger partial charge in [-0.1, -0.05) is 111 Å². The van der Waals surface area contributed by atoms with Crippen LogP contribution in [-0.4, -0.2) is 11.2 Å². The highest BCUT2D eigenvalue weighted by Gasteiger charge is 2.10. The third-order valence-corrected chi connectivity index (χ3v) is 4.90. The van der Waals surface area contributed by atoms with Crippen LogP contribution in [0, 0.1) is 5.92 Å². The molecule has 0 saturated carbocycles. The van der Waals surface area contributed by atoms with E-state index in [-0.39, 0.29) is 6.10 Å². The van der Waals surface area contributed by atoms with Crippen LogP contribution in [0.2, 0.25) is 0 Å². The van der Waals surface area contributed by atoms with Crippen LogP contribution in [0.5, 0.6) is 0 Å². The molecule has 0 aromatic heterocycles. The van der Waals surface area contributed by atoms with Gasteiger partial charge in [-0.2, -0.15) is 0 Å². The first-order valence-corrected chi connectivity index (χ1v) is 9.90. The SMILES string of the molecule is CCCCCCCCCCCCCCCC(O)C(C)CC. The Balaban J connectivity index is 3.09. The molecule has 0 saturated heterocycles. The predicted octanol–water partition coefficient (Wildman–Crippen LogP) is 6.87. The average molecular weight is 299 g/mol. The lowest BCUT2D eigenvalue weighted by molar-refractivity contribution is 0.102. The third kappa shape index (κ3) is 14.7. The first-order valence-electron chi connectivity index (χ1n) is 9.90. The summed E-state index contributed by atoms with van der Waals surface area (Å²) in [6.07, 6.45) is 20.2. The van der Waals surface area contributed by atoms with Gasteiger partial charge in [0.25, 0.3) is 0 Å². The van der Waals surface area contributed by atoms with Gasteiger partial charge in [-0.25, -0.2) is 0 Å². The first-order chi connectivity index (χ1) is 10.2. The van der Waals surface area contributed by atoms with Crippen molar-refractivity contribution in [2.75, 3.05) is 0 Å². The number of unbranched alkanes of at least 4 members (excludes halogenated alkanes) is 12. The Bertz CT molecular complexity index is 190. The van der Waals surface area contributed by atoms with E-state index in [1.165, 1.54) is 83.5 Å². The zero-order chi connectivity index (χ0) is 15.8. The highest BCUT2D eigenvalue weighted by Crippen LogP contribution is 2.16. The van der Waals surface area contributed by atoms with Crippen molar-refractivity contribution in [1.29, 1.82) is 0 Å². The zero-order valence-electron chi connectivity index (χ0n) is 15.2. The van der Waals surface area contributed by atoms with Crippen LogP contribution in [-0.2, 0) is 0 Å². The number of hydrogen-bond acceptors (Lipinski definition) is 1. The molecule has 0 aliphatic carbocycles. The lowest BCUT2D eigenvalue weighted by atomic mass is 9.96. The molecule has 0 aromatic carbocycles. The largest absolute Gasteiger partial charge is 0.393 e. The van der Waals surface area contributed by atoms with Gasteiger partial charge in [0.2, 0.25) is 0 Å². The molecule has 0 aliphatic rings. The first kappa shape index (κ1) is 21.0. The van der Waals surface area contributed by atoms with E-state index in [1.807, 2.05) is 0 Å². The van der Waals surface area contributed by atoms with Crippen molar-refractivity contribution < 1.29 is 5.11 Å². The summed E-state index contributed by atoms with van der Waals surface area (Å²) in [4.78, 5) is 0. The van der Waals surface area contributed by atoms with Crippen LogP contribution in [0.25, 0.3) is 0 Å². The van der Waals surface area contributed by atoms with Gasteiger partial charge in [-0.3, -0.25) is 0 Å². The fourth-order valence-electron chi connectivity index (χ4n) is 2.93. The predicted molar refractivity (Wildman–Crippen MR) is 95.8 cm³/mol. The van der Waals surface area contributed by atoms with Crippen LogP contribution >= 0.6 is 0 Å². The van der Waals surface area contributed by atoms with E-state index >= 15 is 0 Å². The number of hydrogen-bond donors (Lipinski definition) is 1. The monoisotopic (exact) mass is 298 g/mol. The number of aliphatic hydroxyl groups excluding tert-OH is 1. The maximum absolute atomic E-state index is 9.89. The molecule has 0 aromatic rings. The summed E-state index contributed by atoms with van der Waals surface area (Å²) >= 11 is 0. The second-order valence-electron chi connectivity index (χ2n) is 6.98. The molecule has 1 nitrogen and oxygen atoms in total. The lowest BCUT2D eigenvalue weighted by Gasteiger charge is -2.16. The second kappa shape index (κ2) is 16.3. The minimum absolute atomic E-state index is 0.0669. The van der Waals surface area contributed by atoms with Gasteiger partial charge < -0.3 is 5.11 Å². The summed E-state index contributed by atoms with van der Waals surface area (Å²) in [7, 11) is 0. The Labute approximate surface area is 134 Å². The molecule has 0 amide bonds. The van der Waals surface area contributed by atoms with Crippen LogP contribution < -0.4 is 0 Å². The van der Waals surface area contributed by atoms with Gasteiger partial charge in [0.05, 0.1) is 6.10 Å². The van der Waals surface area contributed by atoms with Gasteiger partial charge >= 0.3 is 0 Å². The summed E-state index contributed by atoms with van der Waals surface area (Å²) in [5, 5.41) is 9.89. The second-order valence-corrected chi connectivity index (χ2v) is 6.98. The highest BCUT2D eigenvalue weighted by molar-refractivity contribution is 4.62. The van der Waals surface area contributed by atoms with Crippen LogP contribution in [0.3, 0.4) is 0 Å². The Hall–Kier alpha value is -0.0400. The Morgan fingerprint density at radius 2 is 1.00 bits per heavy atom. The molecule has 0 bridgehead atoms. The molecule has 2 atom stereocenters. The average Bonchev–Trinajstić information content (AvgIpc) is 2.50. The van der Waals surface area contributed by atoms with Crippen molar-refractivity contribution in [2.45, 2.75) is 123 Å². The van der Waals surface area contributed by atoms with Crippen molar-refractivity contribution in [1.82, 2.24) is 0 Å². The van der Waals surface area contributed by atoms with Crippen molar-refractivity contribution in [3.05, 3.63) is 0 Å². The van der Waals surface area contributed by atoms with Gasteiger partial charge in [0.1, 0.15) is 0 Å². The Morgan fingerprint density at radius 3 is 1.38 bits per heavy atom. The molecule has 0 rings (SSSR count). The molecule has 2 unspecified atom stereocenters. The third-order valence-electron chi connectivity index (χ3n) is 4.90. The van der Waals surface area contributed by atoms with Crippen molar-refractivity contribution in [3.63, 3.8) is 0 Å². The standard InChI is InChI=1S/C20H42O/c1-4-6-7-8-9-10-11-12-13-14-15-16-17-18-20(21)19(3)5-2/h19-21H,4-18H2,1-3H3. The zero-order valence-corrected chi connectivity index (χ0v) is 15.2. The highest BCUT2D eigenvalue weighted by atomic mass is 16.3. The molecule has 0 heterocycles. The minimum atomic E-state index is -0.0669. The molecule has 21 heavy (non-hydrogen) atoms. The van der Waals surface area contributed by atoms with E-state index in [0.29, 0.717) is 5.92 Å². The van der Waals surface area contributed by atoms with E-state index < -0.39 is 0 Å². The minimum Gasteiger partial charge on any atom is -0.393 e. The number of aliphatic hydroxyl groups is 1. The fraction of sp³-hybridized carbons (Fsp3) is 1.00. The maximum atomic E-state index is 9.89. The van der Waals surface area contributed by atoms with Gasteiger partial charge in [0.15, 0.2) is 0 Å². The van der Waals surface area contributed by atoms with E-state index in [0.717, 1.165) is 12.8 Å². The quantitative estimate of drug-likeness (QED) is 0.308. The maximum Gasteiger partial charge on any atom is 0.0565 e. The molecule has 1 N–H and O–H groups in total. The van der Waals surface area contributed by atoms with E-state index in [4.69, 9.17) is 0 Å². The van der Waals surface area contributed by atoms with Crippen LogP contribution in [0.15, 0.2) is 0 Å². The molecule has 0 spiro atoms. The smallest absolute Gasteiger partial charge is 0.0565 e. The van der Waals surface area contributed by atoms with E-state index in [9.17, 15) is 5.11 Å². The van der Waals surface area contributed by atoms with Crippen molar-refractivity contribution >= 4 is 0 Å². The molecule has 0 fully saturated rings. The molecule has 128 valence electrons. The van der Waals surface area contributed by atoms with Crippen molar-refractivity contribution in [3.8, 4) is 0 Å². The summed E-state index contributed by atoms with van der Waals surface area (Å²) < 4.78 is 0. The van der Waals surface area contributed by atoms with Gasteiger partial charge in [-0.05, 0) is 12.3 Å². The normalized spacial score (nSPS) is 14.3. The molecule has 0 radical (unpaired) electrons. The summed E-state index contributed by atoms with van der Waals surface area (Å²) in [5.74, 6) is 0.474. The molecule has 0 aliphatic heterocycles. The lowest BCUT2D eigenvalue weighted by Crippen LogP contribution is -2.16. The number of rotatable bonds is 16. The van der Waals surface area contributed by atoms with E-state index in [2.05, 4.69) is 20.8 Å². The molecule has 1 heteroatoms. The summed E-state index contributed by atoms with van der Waals surface area (Å²) in [6.45, 7) is 6.61. The Kier molecular flexibility index (Phi) is 16.3. The molecular formula is C20H42O. The topological polar surface area (TPSA) is 20.2 Å². The van der Waals surface area contributed by atoms with Crippen molar-refractivity contribution in [2.24, 2.45) is 5.92 Å².